The van der Waals surface area contributed by atoms with Crippen molar-refractivity contribution in [3.8, 4) is 17.8 Å². The molecule has 0 bridgehead atoms. The van der Waals surface area contributed by atoms with Gasteiger partial charge in [-0.3, -0.25) is 4.79 Å². The minimum absolute atomic E-state index is 0.149. The zero-order valence-corrected chi connectivity index (χ0v) is 14.0. The van der Waals surface area contributed by atoms with Gasteiger partial charge in [-0.1, -0.05) is 0 Å². The van der Waals surface area contributed by atoms with Crippen molar-refractivity contribution >= 4 is 27.5 Å². The maximum Gasteiger partial charge on any atom is 0.265 e. The molecule has 0 saturated heterocycles. The summed E-state index contributed by atoms with van der Waals surface area (Å²) in [7, 11) is 0. The van der Waals surface area contributed by atoms with Gasteiger partial charge in [0.2, 0.25) is 0 Å². The van der Waals surface area contributed by atoms with Crippen molar-refractivity contribution in [2.45, 2.75) is 6.92 Å². The van der Waals surface area contributed by atoms with Crippen molar-refractivity contribution in [1.82, 2.24) is 14.7 Å². The predicted molar refractivity (Wildman–Crippen MR) is 90.8 cm³/mol. The van der Waals surface area contributed by atoms with Crippen LogP contribution in [-0.4, -0.2) is 33.7 Å². The fraction of sp³-hybridized carbons (Fsp3) is 0.176. The molecule has 0 aliphatic rings. The standard InChI is InChI=1S/C17H12FN5OS/c1-11-14-10-15(16(24)22(8-6-19)9-7-20)25-17(14)23(21-11)13-4-2-12(18)3-5-13/h2-5,10H,8-9H2,1H3. The van der Waals surface area contributed by atoms with Gasteiger partial charge in [-0.2, -0.15) is 15.6 Å². The van der Waals surface area contributed by atoms with Gasteiger partial charge < -0.3 is 4.90 Å². The van der Waals surface area contributed by atoms with Crippen molar-refractivity contribution in [3.05, 3.63) is 46.7 Å². The number of benzene rings is 1. The Morgan fingerprint density at radius 1 is 1.28 bits per heavy atom. The molecule has 0 saturated carbocycles. The Morgan fingerprint density at radius 3 is 2.52 bits per heavy atom. The molecular formula is C17H12FN5OS. The lowest BCUT2D eigenvalue weighted by Gasteiger charge is -2.14. The number of nitrogens with zero attached hydrogens (tertiary/aromatic N) is 5. The molecule has 3 rings (SSSR count). The highest BCUT2D eigenvalue weighted by Gasteiger charge is 2.21. The fourth-order valence-electron chi connectivity index (χ4n) is 2.44. The number of fused-ring (bicyclic) bond motifs is 1. The summed E-state index contributed by atoms with van der Waals surface area (Å²) >= 11 is 1.23. The fourth-order valence-corrected chi connectivity index (χ4v) is 3.59. The average molecular weight is 353 g/mol. The van der Waals surface area contributed by atoms with Crippen molar-refractivity contribution in [3.63, 3.8) is 0 Å². The molecule has 0 N–H and O–H groups in total. The molecule has 0 fully saturated rings. The third-order valence-corrected chi connectivity index (χ3v) is 4.74. The van der Waals surface area contributed by atoms with Gasteiger partial charge in [0.05, 0.1) is 28.4 Å². The SMILES string of the molecule is Cc1nn(-c2ccc(F)cc2)c2sc(C(=O)N(CC#N)CC#N)cc12. The number of amides is 1. The van der Waals surface area contributed by atoms with E-state index < -0.39 is 0 Å². The maximum atomic E-state index is 13.1. The van der Waals surface area contributed by atoms with Crippen molar-refractivity contribution in [1.29, 1.82) is 10.5 Å². The minimum atomic E-state index is -0.366. The van der Waals surface area contributed by atoms with E-state index in [2.05, 4.69) is 5.10 Å². The van der Waals surface area contributed by atoms with Gasteiger partial charge in [0.1, 0.15) is 23.7 Å². The smallest absolute Gasteiger partial charge is 0.265 e. The Balaban J connectivity index is 2.05. The predicted octanol–water partition coefficient (Wildman–Crippen LogP) is 3.02. The Morgan fingerprint density at radius 2 is 1.92 bits per heavy atom. The van der Waals surface area contributed by atoms with Gasteiger partial charge in [0.25, 0.3) is 5.91 Å². The zero-order valence-electron chi connectivity index (χ0n) is 13.2. The van der Waals surface area contributed by atoms with Crippen molar-refractivity contribution in [2.75, 3.05) is 13.1 Å². The van der Waals surface area contributed by atoms with Gasteiger partial charge in [-0.15, -0.1) is 11.3 Å². The minimum Gasteiger partial charge on any atom is -0.311 e. The first-order valence-electron chi connectivity index (χ1n) is 7.33. The van der Waals surface area contributed by atoms with Crippen LogP contribution in [0.5, 0.6) is 0 Å². The lowest BCUT2D eigenvalue weighted by Crippen LogP contribution is -2.31. The molecule has 2 aromatic heterocycles. The van der Waals surface area contributed by atoms with Crippen LogP contribution in [-0.2, 0) is 0 Å². The number of hydrogen-bond acceptors (Lipinski definition) is 5. The normalized spacial score (nSPS) is 10.4. The summed E-state index contributed by atoms with van der Waals surface area (Å²) in [6, 6.07) is 11.4. The first kappa shape index (κ1) is 16.6. The van der Waals surface area contributed by atoms with E-state index in [0.29, 0.717) is 10.6 Å². The molecule has 124 valence electrons. The maximum absolute atomic E-state index is 13.1. The molecule has 25 heavy (non-hydrogen) atoms. The van der Waals surface area contributed by atoms with Crippen LogP contribution in [0.3, 0.4) is 0 Å². The zero-order chi connectivity index (χ0) is 18.0. The second kappa shape index (κ2) is 6.71. The molecule has 6 nitrogen and oxygen atoms in total. The van der Waals surface area contributed by atoms with Gasteiger partial charge in [0, 0.05) is 5.39 Å². The molecule has 0 atom stereocenters. The second-order valence-corrected chi connectivity index (χ2v) is 6.31. The van der Waals surface area contributed by atoms with Crippen LogP contribution in [0.2, 0.25) is 0 Å². The molecule has 0 spiro atoms. The van der Waals surface area contributed by atoms with Gasteiger partial charge in [0.15, 0.2) is 0 Å². The number of hydrogen-bond donors (Lipinski definition) is 0. The van der Waals surface area contributed by atoms with Gasteiger partial charge in [-0.25, -0.2) is 9.07 Å². The molecular weight excluding hydrogens is 341 g/mol. The van der Waals surface area contributed by atoms with Crippen LogP contribution in [0, 0.1) is 35.4 Å². The largest absolute Gasteiger partial charge is 0.311 e. The van der Waals surface area contributed by atoms with Gasteiger partial charge >= 0.3 is 0 Å². The monoisotopic (exact) mass is 353 g/mol. The lowest BCUT2D eigenvalue weighted by molar-refractivity contribution is 0.0799. The highest BCUT2D eigenvalue weighted by molar-refractivity contribution is 7.20. The Kier molecular flexibility index (Phi) is 4.46. The summed E-state index contributed by atoms with van der Waals surface area (Å²) in [6.45, 7) is 1.53. The van der Waals surface area contributed by atoms with E-state index in [-0.39, 0.29) is 24.8 Å². The summed E-state index contributed by atoms with van der Waals surface area (Å²) in [4.78, 5) is 14.9. The third-order valence-electron chi connectivity index (χ3n) is 3.64. The van der Waals surface area contributed by atoms with Crippen LogP contribution in [0.25, 0.3) is 15.9 Å². The quantitative estimate of drug-likeness (QED) is 0.675. The van der Waals surface area contributed by atoms with Crippen LogP contribution in [0.4, 0.5) is 4.39 Å². The number of nitriles is 2. The summed E-state index contributed by atoms with van der Waals surface area (Å²) in [5, 5.41) is 22.9. The van der Waals surface area contributed by atoms with Crippen LogP contribution < -0.4 is 0 Å². The lowest BCUT2D eigenvalue weighted by atomic mass is 10.3. The van der Waals surface area contributed by atoms with E-state index in [0.717, 1.165) is 15.9 Å². The van der Waals surface area contributed by atoms with Crippen molar-refractivity contribution in [2.24, 2.45) is 0 Å². The molecule has 1 aromatic carbocycles. The molecule has 8 heteroatoms. The third kappa shape index (κ3) is 3.08. The molecule has 0 unspecified atom stereocenters. The van der Waals surface area contributed by atoms with E-state index >= 15 is 0 Å². The number of aromatic nitrogens is 2. The highest BCUT2D eigenvalue weighted by atomic mass is 32.1. The second-order valence-electron chi connectivity index (χ2n) is 5.28. The van der Waals surface area contributed by atoms with E-state index in [4.69, 9.17) is 10.5 Å². The topological polar surface area (TPSA) is 85.7 Å². The van der Waals surface area contributed by atoms with E-state index in [1.165, 1.54) is 28.4 Å². The van der Waals surface area contributed by atoms with E-state index in [1.54, 1.807) is 22.9 Å². The molecule has 1 amide bonds. The molecule has 3 aromatic rings. The van der Waals surface area contributed by atoms with Crippen molar-refractivity contribution < 1.29 is 9.18 Å². The Labute approximate surface area is 146 Å². The summed E-state index contributed by atoms with van der Waals surface area (Å²) < 4.78 is 14.8. The number of rotatable bonds is 4. The number of carbonyl (C=O) groups is 1. The average Bonchev–Trinajstić information content (AvgIpc) is 3.16. The first-order chi connectivity index (χ1) is 12.0. The van der Waals surface area contributed by atoms with E-state index in [9.17, 15) is 9.18 Å². The van der Waals surface area contributed by atoms with Crippen LogP contribution in [0.1, 0.15) is 15.4 Å². The summed E-state index contributed by atoms with van der Waals surface area (Å²) in [5.74, 6) is -0.705. The Hall–Kier alpha value is -3.23. The summed E-state index contributed by atoms with van der Waals surface area (Å²) in [5.41, 5.74) is 1.42. The van der Waals surface area contributed by atoms with Crippen LogP contribution in [0.15, 0.2) is 30.3 Å². The number of aryl methyl sites for hydroxylation is 1. The Bertz CT molecular complexity index is 1010. The number of carbonyl (C=O) groups excluding carboxylic acids is 1. The molecule has 0 aliphatic carbocycles. The first-order valence-corrected chi connectivity index (χ1v) is 8.15. The molecule has 0 radical (unpaired) electrons. The molecule has 0 aliphatic heterocycles. The number of thiophene rings is 1. The van der Waals surface area contributed by atoms with E-state index in [1.807, 2.05) is 19.1 Å². The highest BCUT2D eigenvalue weighted by Crippen LogP contribution is 2.31. The summed E-state index contributed by atoms with van der Waals surface area (Å²) in [6.07, 6.45) is 0. The van der Waals surface area contributed by atoms with Crippen LogP contribution >= 0.6 is 11.3 Å². The molecule has 2 heterocycles. The number of halogens is 1. The van der Waals surface area contributed by atoms with Gasteiger partial charge in [-0.05, 0) is 37.3 Å².